The Balaban J connectivity index is 1.41. The van der Waals surface area contributed by atoms with Crippen LogP contribution in [-0.2, 0) is 25.8 Å². The van der Waals surface area contributed by atoms with Crippen LogP contribution >= 0.6 is 34.9 Å². The van der Waals surface area contributed by atoms with Crippen molar-refractivity contribution in [2.24, 2.45) is 5.16 Å². The number of anilines is 1. The molecule has 4 heterocycles. The van der Waals surface area contributed by atoms with Crippen LogP contribution in [-0.4, -0.2) is 88.2 Å². The van der Waals surface area contributed by atoms with E-state index in [1.165, 1.54) is 28.4 Å². The molecule has 17 heteroatoms. The molecule has 234 valence electrons. The highest BCUT2D eigenvalue weighted by atomic mass is 32.2. The molecule has 2 atom stereocenters. The minimum Gasteiger partial charge on any atom is -0.477 e. The summed E-state index contributed by atoms with van der Waals surface area (Å²) in [5.41, 5.74) is 6.45. The van der Waals surface area contributed by atoms with E-state index in [4.69, 9.17) is 10.6 Å². The van der Waals surface area contributed by atoms with Crippen molar-refractivity contribution in [2.45, 2.75) is 88.3 Å². The van der Waals surface area contributed by atoms with Crippen molar-refractivity contribution in [2.75, 3.05) is 23.8 Å². The SMILES string of the molecule is CCCCCCON=C(C(=O)NC1C(=O)N2C(C(=O)O)=C(CSc3nnnn3CCCCCC)CS[C@@H]12)c1csc(N)n1. The number of carbonyl (C=O) groups is 3. The maximum Gasteiger partial charge on any atom is 0.352 e. The molecule has 4 N–H and O–H groups in total. The number of β-lactam (4-membered cyclic amide) rings is 1. The van der Waals surface area contributed by atoms with Crippen molar-refractivity contribution in [3.8, 4) is 0 Å². The van der Waals surface area contributed by atoms with Crippen LogP contribution in [0.5, 0.6) is 0 Å². The lowest BCUT2D eigenvalue weighted by atomic mass is 10.0. The smallest absolute Gasteiger partial charge is 0.352 e. The van der Waals surface area contributed by atoms with Gasteiger partial charge in [0.15, 0.2) is 10.8 Å². The number of hydrogen-bond acceptors (Lipinski definition) is 13. The minimum atomic E-state index is -1.20. The van der Waals surface area contributed by atoms with Gasteiger partial charge in [-0.25, -0.2) is 14.5 Å². The lowest BCUT2D eigenvalue weighted by molar-refractivity contribution is -0.150. The number of amides is 2. The van der Waals surface area contributed by atoms with Crippen molar-refractivity contribution in [3.63, 3.8) is 0 Å². The summed E-state index contributed by atoms with van der Waals surface area (Å²) >= 11 is 3.89. The summed E-state index contributed by atoms with van der Waals surface area (Å²) < 4.78 is 1.73. The lowest BCUT2D eigenvalue weighted by Gasteiger charge is -2.49. The van der Waals surface area contributed by atoms with E-state index in [0.29, 0.717) is 35.4 Å². The Morgan fingerprint density at radius 2 is 1.98 bits per heavy atom. The van der Waals surface area contributed by atoms with Gasteiger partial charge in [0.2, 0.25) is 5.16 Å². The van der Waals surface area contributed by atoms with Gasteiger partial charge >= 0.3 is 5.97 Å². The number of carboxylic acids is 1. The molecular formula is C26H37N9O5S3. The first-order valence-electron chi connectivity index (χ1n) is 14.4. The Hall–Kier alpha value is -3.18. The predicted molar refractivity (Wildman–Crippen MR) is 166 cm³/mol. The van der Waals surface area contributed by atoms with Crippen LogP contribution in [0, 0.1) is 0 Å². The van der Waals surface area contributed by atoms with Gasteiger partial charge in [-0.3, -0.25) is 14.5 Å². The fourth-order valence-electron chi connectivity index (χ4n) is 4.59. The number of fused-ring (bicyclic) bond motifs is 1. The van der Waals surface area contributed by atoms with Gasteiger partial charge in [0.05, 0.1) is 0 Å². The summed E-state index contributed by atoms with van der Waals surface area (Å²) in [4.78, 5) is 49.6. The summed E-state index contributed by atoms with van der Waals surface area (Å²) in [6, 6.07) is -0.929. The lowest BCUT2D eigenvalue weighted by Crippen LogP contribution is -2.71. The maximum atomic E-state index is 13.3. The van der Waals surface area contributed by atoms with Gasteiger partial charge in [0, 0.05) is 23.4 Å². The fraction of sp³-hybridized carbons (Fsp3) is 0.615. The van der Waals surface area contributed by atoms with Crippen LogP contribution in [0.15, 0.2) is 27.0 Å². The van der Waals surface area contributed by atoms with E-state index < -0.39 is 29.2 Å². The third-order valence-corrected chi connectivity index (χ3v) is 9.92. The van der Waals surface area contributed by atoms with E-state index in [0.717, 1.165) is 62.7 Å². The minimum absolute atomic E-state index is 0.0645. The number of unbranched alkanes of at least 4 members (excludes halogenated alkanes) is 6. The number of nitrogens with two attached hydrogens (primary N) is 1. The molecular weight excluding hydrogens is 615 g/mol. The molecule has 0 spiro atoms. The number of aliphatic carboxylic acids is 1. The quantitative estimate of drug-likeness (QED) is 0.0703. The van der Waals surface area contributed by atoms with E-state index in [-0.39, 0.29) is 22.2 Å². The number of nitrogens with zero attached hydrogens (tertiary/aromatic N) is 7. The molecule has 2 amide bonds. The third kappa shape index (κ3) is 8.26. The molecule has 0 bridgehead atoms. The van der Waals surface area contributed by atoms with Crippen molar-refractivity contribution in [3.05, 3.63) is 22.3 Å². The van der Waals surface area contributed by atoms with Crippen LogP contribution in [0.4, 0.5) is 5.13 Å². The van der Waals surface area contributed by atoms with Gasteiger partial charge in [-0.1, -0.05) is 62.9 Å². The molecule has 2 aliphatic heterocycles. The summed E-state index contributed by atoms with van der Waals surface area (Å²) in [6.45, 7) is 5.28. The molecule has 43 heavy (non-hydrogen) atoms. The van der Waals surface area contributed by atoms with Gasteiger partial charge < -0.3 is 21.0 Å². The number of tetrazole rings is 1. The first-order valence-corrected chi connectivity index (χ1v) is 17.3. The fourth-order valence-corrected chi connectivity index (χ4v) is 7.52. The van der Waals surface area contributed by atoms with E-state index in [2.05, 4.69) is 44.8 Å². The van der Waals surface area contributed by atoms with Crippen molar-refractivity contribution < 1.29 is 24.3 Å². The highest BCUT2D eigenvalue weighted by Gasteiger charge is 2.54. The Kier molecular flexibility index (Phi) is 12.2. The molecule has 14 nitrogen and oxygen atoms in total. The van der Waals surface area contributed by atoms with E-state index in [1.807, 2.05) is 0 Å². The molecule has 1 fully saturated rings. The number of oxime groups is 1. The largest absolute Gasteiger partial charge is 0.477 e. The predicted octanol–water partition coefficient (Wildman–Crippen LogP) is 3.12. The molecule has 2 aromatic rings. The number of nitrogens with one attached hydrogen (secondary N) is 1. The molecule has 1 unspecified atom stereocenters. The van der Waals surface area contributed by atoms with Crippen LogP contribution in [0.25, 0.3) is 0 Å². The number of thiazole rings is 1. The normalized spacial score (nSPS) is 18.4. The van der Waals surface area contributed by atoms with Gasteiger partial charge in [-0.15, -0.1) is 28.2 Å². The molecule has 2 aromatic heterocycles. The summed E-state index contributed by atoms with van der Waals surface area (Å²) in [7, 11) is 0. The van der Waals surface area contributed by atoms with Crippen molar-refractivity contribution >= 4 is 63.5 Å². The monoisotopic (exact) mass is 651 g/mol. The number of thioether (sulfide) groups is 2. The van der Waals surface area contributed by atoms with E-state index in [1.54, 1.807) is 10.1 Å². The second-order valence-corrected chi connectivity index (χ2v) is 13.0. The van der Waals surface area contributed by atoms with E-state index >= 15 is 0 Å². The van der Waals surface area contributed by atoms with Crippen molar-refractivity contribution in [1.29, 1.82) is 0 Å². The Morgan fingerprint density at radius 1 is 1.21 bits per heavy atom. The number of hydrogen-bond donors (Lipinski definition) is 3. The third-order valence-electron chi connectivity index (χ3n) is 6.86. The number of aryl methyl sites for hydroxylation is 1. The first kappa shape index (κ1) is 32.7. The summed E-state index contributed by atoms with van der Waals surface area (Å²) in [6.07, 6.45) is 8.24. The molecule has 0 radical (unpaired) electrons. The Labute approximate surface area is 262 Å². The zero-order valence-electron chi connectivity index (χ0n) is 24.2. The Bertz CT molecular complexity index is 1350. The average Bonchev–Trinajstić information content (AvgIpc) is 3.64. The molecule has 0 aromatic carbocycles. The standard InChI is InChI=1S/C26H37N9O5S3/c1-3-5-7-9-11-34-26(30-32-33-34)43-14-16-13-41-23-19(22(37)35(23)20(16)24(38)39)29-21(36)18(17-15-42-25(27)28-17)31-40-12-10-8-6-4-2/h15,19,23H,3-14H2,1-2H3,(H2,27,28)(H,29,36)(H,38,39)/t19?,23-/m0/s1. The van der Waals surface area contributed by atoms with Gasteiger partial charge in [0.25, 0.3) is 11.8 Å². The molecule has 1 saturated heterocycles. The number of carboxylic acid groups (broad SMARTS) is 1. The number of rotatable bonds is 18. The first-order chi connectivity index (χ1) is 20.8. The number of aromatic nitrogens is 5. The topological polar surface area (TPSA) is 191 Å². The Morgan fingerprint density at radius 3 is 2.67 bits per heavy atom. The molecule has 2 aliphatic rings. The van der Waals surface area contributed by atoms with Crippen LogP contribution < -0.4 is 11.1 Å². The second kappa shape index (κ2) is 16.0. The van der Waals surface area contributed by atoms with Crippen LogP contribution in [0.3, 0.4) is 0 Å². The highest BCUT2D eigenvalue weighted by molar-refractivity contribution is 8.01. The van der Waals surface area contributed by atoms with Gasteiger partial charge in [-0.2, -0.15) is 0 Å². The zero-order valence-corrected chi connectivity index (χ0v) is 26.7. The average molecular weight is 652 g/mol. The van der Waals surface area contributed by atoms with Gasteiger partial charge in [-0.05, 0) is 35.3 Å². The number of nitrogen functional groups attached to an aromatic ring is 1. The molecule has 4 rings (SSSR count). The highest BCUT2D eigenvalue weighted by Crippen LogP contribution is 2.41. The summed E-state index contributed by atoms with van der Waals surface area (Å²) in [5.74, 6) is -1.67. The maximum absolute atomic E-state index is 13.3. The van der Waals surface area contributed by atoms with Crippen LogP contribution in [0.1, 0.15) is 70.9 Å². The van der Waals surface area contributed by atoms with Crippen molar-refractivity contribution in [1.82, 2.24) is 35.4 Å². The molecule has 0 aliphatic carbocycles. The molecule has 0 saturated carbocycles. The summed E-state index contributed by atoms with van der Waals surface area (Å²) in [5, 5.41) is 30.6. The van der Waals surface area contributed by atoms with Crippen LogP contribution in [0.2, 0.25) is 0 Å². The zero-order chi connectivity index (χ0) is 30.8. The number of carbonyl (C=O) groups excluding carboxylic acids is 2. The van der Waals surface area contributed by atoms with E-state index in [9.17, 15) is 19.5 Å². The van der Waals surface area contributed by atoms with Gasteiger partial charge in [0.1, 0.15) is 29.4 Å². The second-order valence-electron chi connectivity index (χ2n) is 10.1.